The lowest BCUT2D eigenvalue weighted by Crippen LogP contribution is -2.24. The van der Waals surface area contributed by atoms with Gasteiger partial charge in [-0.05, 0) is 20.8 Å². The van der Waals surface area contributed by atoms with Crippen molar-refractivity contribution in [2.45, 2.75) is 26.4 Å². The van der Waals surface area contributed by atoms with E-state index in [0.717, 1.165) is 6.47 Å². The molecule has 0 aliphatic heterocycles. The largest absolute Gasteiger partial charge is 0.517 e. The van der Waals surface area contributed by atoms with Gasteiger partial charge in [-0.25, -0.2) is 9.59 Å². The fourth-order valence-electron chi connectivity index (χ4n) is 0.305. The van der Waals surface area contributed by atoms with Gasteiger partial charge in [-0.2, -0.15) is 0 Å². The third kappa shape index (κ3) is 5.08. The van der Waals surface area contributed by atoms with Crippen LogP contribution in [0.1, 0.15) is 20.8 Å². The van der Waals surface area contributed by atoms with Gasteiger partial charge < -0.3 is 9.47 Å². The lowest BCUT2D eigenvalue weighted by Gasteiger charge is -2.16. The zero-order chi connectivity index (χ0) is 8.20. The summed E-state index contributed by atoms with van der Waals surface area (Å²) in [5.41, 5.74) is -0.631. The van der Waals surface area contributed by atoms with Gasteiger partial charge >= 0.3 is 12.6 Å². The SMILES string of the molecule is CC(C)(C)OC(=O)O[C]=O. The highest BCUT2D eigenvalue weighted by molar-refractivity contribution is 5.69. The van der Waals surface area contributed by atoms with Gasteiger partial charge in [0.05, 0.1) is 0 Å². The molecule has 10 heavy (non-hydrogen) atoms. The van der Waals surface area contributed by atoms with Crippen LogP contribution >= 0.6 is 0 Å². The predicted octanol–water partition coefficient (Wildman–Crippen LogP) is 1.01. The van der Waals surface area contributed by atoms with E-state index in [1.54, 1.807) is 20.8 Å². The zero-order valence-electron chi connectivity index (χ0n) is 6.13. The third-order valence-corrected chi connectivity index (χ3v) is 0.515. The van der Waals surface area contributed by atoms with Gasteiger partial charge in [-0.15, -0.1) is 0 Å². The summed E-state index contributed by atoms with van der Waals surface area (Å²) in [5, 5.41) is 0. The fraction of sp³-hybridized carbons (Fsp3) is 0.667. The molecule has 0 spiro atoms. The second kappa shape index (κ2) is 3.20. The molecule has 0 N–H and O–H groups in total. The van der Waals surface area contributed by atoms with Crippen LogP contribution in [-0.4, -0.2) is 18.2 Å². The van der Waals surface area contributed by atoms with Gasteiger partial charge in [0.15, 0.2) is 0 Å². The first-order chi connectivity index (χ1) is 4.45. The summed E-state index contributed by atoms with van der Waals surface area (Å²) in [6, 6.07) is 0. The Morgan fingerprint density at radius 3 is 2.20 bits per heavy atom. The molecule has 0 heterocycles. The highest BCUT2D eigenvalue weighted by atomic mass is 16.7. The van der Waals surface area contributed by atoms with E-state index < -0.39 is 11.8 Å². The van der Waals surface area contributed by atoms with Crippen molar-refractivity contribution in [3.05, 3.63) is 0 Å². The van der Waals surface area contributed by atoms with E-state index in [1.807, 2.05) is 0 Å². The molecule has 1 radical (unpaired) electrons. The van der Waals surface area contributed by atoms with Crippen LogP contribution in [0, 0.1) is 0 Å². The standard InChI is InChI=1S/C6H9O4/c1-6(2,3)10-5(8)9-4-7/h1-3H3. The van der Waals surface area contributed by atoms with Crippen molar-refractivity contribution in [3.63, 3.8) is 0 Å². The monoisotopic (exact) mass is 145 g/mol. The Labute approximate surface area is 59.1 Å². The summed E-state index contributed by atoms with van der Waals surface area (Å²) in [4.78, 5) is 19.8. The molecule has 0 atom stereocenters. The molecule has 0 saturated heterocycles. The molecule has 0 aromatic rings. The van der Waals surface area contributed by atoms with Gasteiger partial charge in [0.1, 0.15) is 5.60 Å². The molecule has 0 aromatic carbocycles. The normalized spacial score (nSPS) is 10.3. The average molecular weight is 145 g/mol. The summed E-state index contributed by atoms with van der Waals surface area (Å²) in [6.45, 7) is 5.96. The van der Waals surface area contributed by atoms with Gasteiger partial charge in [-0.1, -0.05) is 0 Å². The molecule has 4 heteroatoms. The maximum atomic E-state index is 10.4. The third-order valence-electron chi connectivity index (χ3n) is 0.515. The van der Waals surface area contributed by atoms with E-state index in [-0.39, 0.29) is 0 Å². The maximum absolute atomic E-state index is 10.4. The highest BCUT2D eigenvalue weighted by Crippen LogP contribution is 2.07. The summed E-state index contributed by atoms with van der Waals surface area (Å²) < 4.78 is 8.31. The topological polar surface area (TPSA) is 52.6 Å². The minimum Gasteiger partial charge on any atom is -0.428 e. The van der Waals surface area contributed by atoms with Crippen LogP contribution < -0.4 is 0 Å². The first-order valence-corrected chi connectivity index (χ1v) is 2.72. The second-order valence-electron chi connectivity index (χ2n) is 2.65. The lowest BCUT2D eigenvalue weighted by molar-refractivity contribution is 0.0174. The predicted molar refractivity (Wildman–Crippen MR) is 33.0 cm³/mol. The van der Waals surface area contributed by atoms with Crippen molar-refractivity contribution in [2.24, 2.45) is 0 Å². The van der Waals surface area contributed by atoms with Crippen LogP contribution in [0.25, 0.3) is 0 Å². The highest BCUT2D eigenvalue weighted by Gasteiger charge is 2.17. The molecular weight excluding hydrogens is 136 g/mol. The van der Waals surface area contributed by atoms with E-state index in [2.05, 4.69) is 9.47 Å². The average Bonchev–Trinajstić information content (AvgIpc) is 1.59. The maximum Gasteiger partial charge on any atom is 0.517 e. The van der Waals surface area contributed by atoms with Crippen LogP contribution in [0.3, 0.4) is 0 Å². The molecule has 0 unspecified atom stereocenters. The Hall–Kier alpha value is -1.06. The number of hydrogen-bond acceptors (Lipinski definition) is 4. The minimum atomic E-state index is -1.03. The second-order valence-corrected chi connectivity index (χ2v) is 2.65. The molecule has 0 fully saturated rings. The van der Waals surface area contributed by atoms with Crippen molar-refractivity contribution >= 4 is 12.6 Å². The van der Waals surface area contributed by atoms with Gasteiger partial charge in [-0.3, -0.25) is 0 Å². The number of ether oxygens (including phenoxy) is 2. The van der Waals surface area contributed by atoms with Gasteiger partial charge in [0.25, 0.3) is 0 Å². The Balaban J connectivity index is 3.68. The molecule has 0 amide bonds. The zero-order valence-corrected chi connectivity index (χ0v) is 6.13. The van der Waals surface area contributed by atoms with Gasteiger partial charge in [0.2, 0.25) is 0 Å². The molecule has 0 aliphatic rings. The molecule has 4 nitrogen and oxygen atoms in total. The minimum absolute atomic E-state index is 0.631. The van der Waals surface area contributed by atoms with E-state index in [4.69, 9.17) is 0 Å². The van der Waals surface area contributed by atoms with Crippen molar-refractivity contribution in [2.75, 3.05) is 0 Å². The Morgan fingerprint density at radius 2 is 1.90 bits per heavy atom. The number of rotatable bonds is 1. The number of hydrogen-bond donors (Lipinski definition) is 0. The van der Waals surface area contributed by atoms with Crippen molar-refractivity contribution in [3.8, 4) is 0 Å². The van der Waals surface area contributed by atoms with Gasteiger partial charge in [0, 0.05) is 0 Å². The summed E-state index contributed by atoms with van der Waals surface area (Å²) in [5.74, 6) is 0. The summed E-state index contributed by atoms with van der Waals surface area (Å²) in [6.07, 6.45) is -1.03. The van der Waals surface area contributed by atoms with E-state index in [1.165, 1.54) is 0 Å². The van der Waals surface area contributed by atoms with E-state index in [9.17, 15) is 9.59 Å². The fourth-order valence-corrected chi connectivity index (χ4v) is 0.305. The summed E-state index contributed by atoms with van der Waals surface area (Å²) >= 11 is 0. The van der Waals surface area contributed by atoms with Crippen LogP contribution in [0.5, 0.6) is 0 Å². The van der Waals surface area contributed by atoms with Crippen LogP contribution in [0.4, 0.5) is 4.79 Å². The molecule has 0 saturated carbocycles. The molecule has 0 rings (SSSR count). The number of carbonyl (C=O) groups is 1. The van der Waals surface area contributed by atoms with E-state index in [0.29, 0.717) is 0 Å². The van der Waals surface area contributed by atoms with Crippen molar-refractivity contribution < 1.29 is 19.1 Å². The Bertz CT molecular complexity index is 133. The van der Waals surface area contributed by atoms with Crippen molar-refractivity contribution in [1.29, 1.82) is 0 Å². The molecule has 0 aliphatic carbocycles. The molecule has 0 aromatic heterocycles. The quantitative estimate of drug-likeness (QED) is 0.408. The van der Waals surface area contributed by atoms with Crippen molar-refractivity contribution in [1.82, 2.24) is 0 Å². The smallest absolute Gasteiger partial charge is 0.428 e. The molecular formula is C6H9O4. The summed E-state index contributed by atoms with van der Waals surface area (Å²) in [7, 11) is 0. The van der Waals surface area contributed by atoms with E-state index >= 15 is 0 Å². The first-order valence-electron chi connectivity index (χ1n) is 2.72. The Morgan fingerprint density at radius 1 is 1.40 bits per heavy atom. The first kappa shape index (κ1) is 8.94. The molecule has 0 bridgehead atoms. The van der Waals surface area contributed by atoms with Crippen LogP contribution in [0.15, 0.2) is 0 Å². The van der Waals surface area contributed by atoms with Crippen LogP contribution in [0.2, 0.25) is 0 Å². The number of carbonyl (C=O) groups excluding carboxylic acids is 2. The van der Waals surface area contributed by atoms with Crippen LogP contribution in [-0.2, 0) is 14.3 Å². The Kier molecular flexibility index (Phi) is 2.86. The lowest BCUT2D eigenvalue weighted by atomic mass is 10.2. The molecule has 57 valence electrons.